The van der Waals surface area contributed by atoms with Crippen LogP contribution in [0.2, 0.25) is 0 Å². The Hall–Kier alpha value is -1.82. The van der Waals surface area contributed by atoms with Gasteiger partial charge in [-0.05, 0) is 45.0 Å². The smallest absolute Gasteiger partial charge is 0.251 e. The van der Waals surface area contributed by atoms with Gasteiger partial charge in [0.25, 0.3) is 5.56 Å². The van der Waals surface area contributed by atoms with E-state index in [0.29, 0.717) is 12.2 Å². The fraction of sp³-hybridized carbons (Fsp3) is 0.600. The number of carbonyl (C=O) groups is 1. The van der Waals surface area contributed by atoms with E-state index in [-0.39, 0.29) is 18.0 Å². The molecule has 1 aliphatic heterocycles. The molecule has 2 rings (SSSR count). The van der Waals surface area contributed by atoms with Crippen LogP contribution in [0.4, 0.5) is 5.69 Å². The highest BCUT2D eigenvalue weighted by Crippen LogP contribution is 2.08. The normalized spacial score (nSPS) is 15.8. The molecule has 0 radical (unpaired) electrons. The number of hydrogen-bond acceptors (Lipinski definition) is 4. The third-order valence-corrected chi connectivity index (χ3v) is 3.74. The molecule has 1 saturated heterocycles. The summed E-state index contributed by atoms with van der Waals surface area (Å²) < 4.78 is 1.33. The minimum Gasteiger partial charge on any atom is -0.398 e. The molecule has 0 aliphatic carbocycles. The van der Waals surface area contributed by atoms with Gasteiger partial charge in [-0.1, -0.05) is 6.42 Å². The highest BCUT2D eigenvalue weighted by atomic mass is 16.2. The van der Waals surface area contributed by atoms with Crippen molar-refractivity contribution in [3.05, 3.63) is 28.7 Å². The molecule has 0 saturated carbocycles. The molecule has 1 aromatic rings. The van der Waals surface area contributed by atoms with Crippen molar-refractivity contribution in [2.75, 3.05) is 31.9 Å². The van der Waals surface area contributed by atoms with Crippen molar-refractivity contribution in [2.24, 2.45) is 0 Å². The van der Waals surface area contributed by atoms with E-state index in [1.54, 1.807) is 0 Å². The molecular formula is C15H24N4O2. The number of aromatic nitrogens is 1. The Kier molecular flexibility index (Phi) is 5.80. The van der Waals surface area contributed by atoms with E-state index in [1.165, 1.54) is 55.2 Å². The van der Waals surface area contributed by atoms with E-state index < -0.39 is 0 Å². The van der Waals surface area contributed by atoms with Crippen molar-refractivity contribution in [1.29, 1.82) is 0 Å². The minimum absolute atomic E-state index is 0.0214. The number of anilines is 1. The number of amides is 1. The Morgan fingerprint density at radius 1 is 1.24 bits per heavy atom. The van der Waals surface area contributed by atoms with Crippen LogP contribution in [0.1, 0.15) is 25.7 Å². The highest BCUT2D eigenvalue weighted by molar-refractivity contribution is 5.75. The van der Waals surface area contributed by atoms with Gasteiger partial charge in [-0.25, -0.2) is 0 Å². The molecule has 0 unspecified atom stereocenters. The lowest BCUT2D eigenvalue weighted by atomic mass is 10.1. The van der Waals surface area contributed by atoms with Crippen molar-refractivity contribution in [2.45, 2.75) is 32.2 Å². The highest BCUT2D eigenvalue weighted by Gasteiger charge is 2.09. The summed E-state index contributed by atoms with van der Waals surface area (Å²) >= 11 is 0. The molecule has 3 N–H and O–H groups in total. The predicted octanol–water partition coefficient (Wildman–Crippen LogP) is 0.423. The largest absolute Gasteiger partial charge is 0.398 e. The van der Waals surface area contributed by atoms with Crippen LogP contribution in [-0.4, -0.2) is 41.6 Å². The summed E-state index contributed by atoms with van der Waals surface area (Å²) in [6, 6.07) is 2.91. The molecule has 21 heavy (non-hydrogen) atoms. The lowest BCUT2D eigenvalue weighted by Gasteiger charge is -2.26. The third-order valence-electron chi connectivity index (χ3n) is 3.74. The van der Waals surface area contributed by atoms with Crippen LogP contribution >= 0.6 is 0 Å². The average molecular weight is 292 g/mol. The minimum atomic E-state index is -0.215. The van der Waals surface area contributed by atoms with E-state index in [2.05, 4.69) is 10.2 Å². The van der Waals surface area contributed by atoms with E-state index in [4.69, 9.17) is 5.73 Å². The summed E-state index contributed by atoms with van der Waals surface area (Å²) in [5.41, 5.74) is 5.87. The number of nitrogens with zero attached hydrogens (tertiary/aromatic N) is 2. The van der Waals surface area contributed by atoms with Crippen LogP contribution in [0.5, 0.6) is 0 Å². The molecule has 116 valence electrons. The van der Waals surface area contributed by atoms with Crippen LogP contribution in [0.25, 0.3) is 0 Å². The summed E-state index contributed by atoms with van der Waals surface area (Å²) in [6.07, 6.45) is 6.34. The molecule has 0 aromatic carbocycles. The number of pyridine rings is 1. The quantitative estimate of drug-likeness (QED) is 0.745. The van der Waals surface area contributed by atoms with Gasteiger partial charge in [0, 0.05) is 24.5 Å². The Morgan fingerprint density at radius 2 is 2.00 bits per heavy atom. The molecule has 0 bridgehead atoms. The number of nitrogen functional groups attached to an aromatic ring is 1. The summed E-state index contributed by atoms with van der Waals surface area (Å²) in [4.78, 5) is 25.8. The van der Waals surface area contributed by atoms with Crippen LogP contribution in [0.3, 0.4) is 0 Å². The zero-order chi connectivity index (χ0) is 15.1. The summed E-state index contributed by atoms with van der Waals surface area (Å²) in [5.74, 6) is -0.152. The Morgan fingerprint density at radius 3 is 2.76 bits per heavy atom. The first kappa shape index (κ1) is 15.6. The van der Waals surface area contributed by atoms with Gasteiger partial charge >= 0.3 is 0 Å². The fourth-order valence-electron chi connectivity index (χ4n) is 2.60. The third kappa shape index (κ3) is 5.23. The van der Waals surface area contributed by atoms with Crippen LogP contribution in [0, 0.1) is 0 Å². The lowest BCUT2D eigenvalue weighted by molar-refractivity contribution is -0.121. The predicted molar refractivity (Wildman–Crippen MR) is 83.0 cm³/mol. The molecule has 1 amide bonds. The second kappa shape index (κ2) is 7.83. The molecule has 0 atom stereocenters. The van der Waals surface area contributed by atoms with Gasteiger partial charge in [0.05, 0.1) is 0 Å². The van der Waals surface area contributed by atoms with E-state index in [0.717, 1.165) is 13.0 Å². The van der Waals surface area contributed by atoms with Gasteiger partial charge in [0.15, 0.2) is 0 Å². The van der Waals surface area contributed by atoms with E-state index in [9.17, 15) is 9.59 Å². The zero-order valence-corrected chi connectivity index (χ0v) is 12.4. The standard InChI is InChI=1S/C15H24N4O2/c16-13-5-6-15(21)19(11-13)12-14(20)17-7-4-10-18-8-2-1-3-9-18/h5-6,11H,1-4,7-10,12,16H2,(H,17,20). The van der Waals surface area contributed by atoms with Crippen LogP contribution < -0.4 is 16.6 Å². The molecule has 1 aliphatic rings. The number of nitrogens with two attached hydrogens (primary N) is 1. The van der Waals surface area contributed by atoms with Gasteiger partial charge in [-0.2, -0.15) is 0 Å². The van der Waals surface area contributed by atoms with Crippen LogP contribution in [0.15, 0.2) is 23.1 Å². The first-order valence-electron chi connectivity index (χ1n) is 7.60. The molecule has 6 nitrogen and oxygen atoms in total. The van der Waals surface area contributed by atoms with E-state index >= 15 is 0 Å². The number of carbonyl (C=O) groups excluding carboxylic acids is 1. The number of piperidine rings is 1. The average Bonchev–Trinajstić information content (AvgIpc) is 2.48. The molecular weight excluding hydrogens is 268 g/mol. The van der Waals surface area contributed by atoms with Gasteiger partial charge in [-0.15, -0.1) is 0 Å². The van der Waals surface area contributed by atoms with Gasteiger partial charge in [-0.3, -0.25) is 9.59 Å². The Balaban J connectivity index is 1.67. The summed E-state index contributed by atoms with van der Waals surface area (Å²) in [7, 11) is 0. The van der Waals surface area contributed by atoms with Crippen molar-refractivity contribution >= 4 is 11.6 Å². The summed E-state index contributed by atoms with van der Waals surface area (Å²) in [5, 5.41) is 2.85. The van der Waals surface area contributed by atoms with Crippen molar-refractivity contribution in [3.63, 3.8) is 0 Å². The molecule has 1 aromatic heterocycles. The second-order valence-electron chi connectivity index (χ2n) is 5.53. The maximum atomic E-state index is 11.8. The molecule has 0 spiro atoms. The summed E-state index contributed by atoms with van der Waals surface area (Å²) in [6.45, 7) is 4.04. The molecule has 6 heteroatoms. The van der Waals surface area contributed by atoms with Crippen molar-refractivity contribution in [1.82, 2.24) is 14.8 Å². The first-order chi connectivity index (χ1) is 10.1. The van der Waals surface area contributed by atoms with Crippen LogP contribution in [-0.2, 0) is 11.3 Å². The number of hydrogen-bond donors (Lipinski definition) is 2. The Bertz CT molecular complexity index is 521. The zero-order valence-electron chi connectivity index (χ0n) is 12.4. The van der Waals surface area contributed by atoms with Gasteiger partial charge in [0.1, 0.15) is 6.54 Å². The number of rotatable bonds is 6. The maximum Gasteiger partial charge on any atom is 0.251 e. The van der Waals surface area contributed by atoms with Gasteiger partial charge in [0.2, 0.25) is 5.91 Å². The number of likely N-dealkylation sites (tertiary alicyclic amines) is 1. The van der Waals surface area contributed by atoms with Crippen molar-refractivity contribution in [3.8, 4) is 0 Å². The molecule has 1 fully saturated rings. The Labute approximate surface area is 124 Å². The SMILES string of the molecule is Nc1ccc(=O)n(CC(=O)NCCCN2CCCCC2)c1. The topological polar surface area (TPSA) is 80.4 Å². The fourth-order valence-corrected chi connectivity index (χ4v) is 2.60. The van der Waals surface area contributed by atoms with E-state index in [1.807, 2.05) is 0 Å². The second-order valence-corrected chi connectivity index (χ2v) is 5.53. The number of nitrogens with one attached hydrogen (secondary N) is 1. The van der Waals surface area contributed by atoms with Gasteiger partial charge < -0.3 is 20.5 Å². The monoisotopic (exact) mass is 292 g/mol. The van der Waals surface area contributed by atoms with Crippen molar-refractivity contribution < 1.29 is 4.79 Å². The molecule has 2 heterocycles. The first-order valence-corrected chi connectivity index (χ1v) is 7.60. The lowest BCUT2D eigenvalue weighted by Crippen LogP contribution is -2.35. The maximum absolute atomic E-state index is 11.8.